The van der Waals surface area contributed by atoms with Crippen molar-refractivity contribution in [1.29, 1.82) is 0 Å². The van der Waals surface area contributed by atoms with Gasteiger partial charge in [-0.2, -0.15) is 0 Å². The predicted octanol–water partition coefficient (Wildman–Crippen LogP) is 3.10. The van der Waals surface area contributed by atoms with Gasteiger partial charge >= 0.3 is 0 Å². The molecule has 1 aromatic carbocycles. The fourth-order valence-corrected chi connectivity index (χ4v) is 2.42. The number of rotatable bonds is 2. The second-order valence-corrected chi connectivity index (χ2v) is 5.95. The summed E-state index contributed by atoms with van der Waals surface area (Å²) in [5.74, 6) is 0.267. The van der Waals surface area contributed by atoms with Gasteiger partial charge in [-0.15, -0.1) is 0 Å². The summed E-state index contributed by atoms with van der Waals surface area (Å²) in [6, 6.07) is 5.39. The molecule has 2 rings (SSSR count). The third-order valence-corrected chi connectivity index (χ3v) is 3.94. The van der Waals surface area contributed by atoms with Crippen molar-refractivity contribution in [1.82, 2.24) is 5.32 Å². The standard InChI is InChI=1S/C13H15Cl2NO/c1-13(2)7-16-11(12(13)17)6-8-3-4-9(14)10(15)5-8/h3-5,11,16H,6-7H2,1-2H3. The number of carbonyl (C=O) groups excluding carboxylic acids is 1. The zero-order valence-electron chi connectivity index (χ0n) is 9.89. The summed E-state index contributed by atoms with van der Waals surface area (Å²) < 4.78 is 0. The summed E-state index contributed by atoms with van der Waals surface area (Å²) in [7, 11) is 0. The van der Waals surface area contributed by atoms with E-state index in [4.69, 9.17) is 23.2 Å². The van der Waals surface area contributed by atoms with E-state index in [0.717, 1.165) is 12.1 Å². The maximum Gasteiger partial charge on any atom is 0.156 e. The van der Waals surface area contributed by atoms with Crippen molar-refractivity contribution in [3.8, 4) is 0 Å². The fourth-order valence-electron chi connectivity index (χ4n) is 2.10. The highest BCUT2D eigenvalue weighted by atomic mass is 35.5. The third-order valence-electron chi connectivity index (χ3n) is 3.20. The van der Waals surface area contributed by atoms with E-state index in [1.807, 2.05) is 26.0 Å². The lowest BCUT2D eigenvalue weighted by Gasteiger charge is -2.14. The average Bonchev–Trinajstić information content (AvgIpc) is 2.51. The molecule has 1 atom stereocenters. The van der Waals surface area contributed by atoms with E-state index < -0.39 is 0 Å². The monoisotopic (exact) mass is 271 g/mol. The van der Waals surface area contributed by atoms with Crippen LogP contribution in [0.2, 0.25) is 10.0 Å². The molecule has 0 aliphatic carbocycles. The second-order valence-electron chi connectivity index (χ2n) is 5.13. The Hall–Kier alpha value is -0.570. The summed E-state index contributed by atoms with van der Waals surface area (Å²) in [6.45, 7) is 4.67. The van der Waals surface area contributed by atoms with Crippen molar-refractivity contribution in [3.63, 3.8) is 0 Å². The molecular weight excluding hydrogens is 257 g/mol. The molecule has 0 aromatic heterocycles. The number of nitrogens with one attached hydrogen (secondary N) is 1. The summed E-state index contributed by atoms with van der Waals surface area (Å²) in [4.78, 5) is 12.1. The molecule has 0 bridgehead atoms. The SMILES string of the molecule is CC1(C)CNC(Cc2ccc(Cl)c(Cl)c2)C1=O. The normalized spacial score (nSPS) is 23.1. The van der Waals surface area contributed by atoms with Crippen molar-refractivity contribution in [2.45, 2.75) is 26.3 Å². The van der Waals surface area contributed by atoms with Crippen molar-refractivity contribution in [3.05, 3.63) is 33.8 Å². The minimum atomic E-state index is -0.263. The summed E-state index contributed by atoms with van der Waals surface area (Å²) in [5, 5.41) is 4.33. The highest BCUT2D eigenvalue weighted by molar-refractivity contribution is 6.42. The zero-order valence-corrected chi connectivity index (χ0v) is 11.4. The molecule has 0 amide bonds. The van der Waals surface area contributed by atoms with Gasteiger partial charge in [-0.1, -0.05) is 43.1 Å². The van der Waals surface area contributed by atoms with E-state index in [1.54, 1.807) is 6.07 Å². The number of hydrogen-bond donors (Lipinski definition) is 1. The Kier molecular flexibility index (Phi) is 3.48. The molecule has 1 N–H and O–H groups in total. The van der Waals surface area contributed by atoms with Crippen molar-refractivity contribution in [2.24, 2.45) is 5.41 Å². The molecule has 4 heteroatoms. The van der Waals surface area contributed by atoms with E-state index in [9.17, 15) is 4.79 Å². The van der Waals surface area contributed by atoms with Gasteiger partial charge in [0, 0.05) is 12.0 Å². The van der Waals surface area contributed by atoms with Crippen LogP contribution in [0.3, 0.4) is 0 Å². The van der Waals surface area contributed by atoms with Gasteiger partial charge in [0.25, 0.3) is 0 Å². The highest BCUT2D eigenvalue weighted by Crippen LogP contribution is 2.27. The summed E-state index contributed by atoms with van der Waals surface area (Å²) >= 11 is 11.8. The van der Waals surface area contributed by atoms with Crippen LogP contribution in [0, 0.1) is 5.41 Å². The Labute approximate surface area is 111 Å². The first-order valence-corrected chi connectivity index (χ1v) is 6.37. The van der Waals surface area contributed by atoms with Crippen LogP contribution in [-0.4, -0.2) is 18.4 Å². The Balaban J connectivity index is 2.12. The van der Waals surface area contributed by atoms with Crippen molar-refractivity contribution < 1.29 is 4.79 Å². The summed E-state index contributed by atoms with van der Waals surface area (Å²) in [5.41, 5.74) is 0.768. The highest BCUT2D eigenvalue weighted by Gasteiger charge is 2.39. The molecule has 92 valence electrons. The number of benzene rings is 1. The Morgan fingerprint density at radius 1 is 1.35 bits per heavy atom. The minimum Gasteiger partial charge on any atom is -0.306 e. The van der Waals surface area contributed by atoms with Crippen LogP contribution in [0.15, 0.2) is 18.2 Å². The van der Waals surface area contributed by atoms with Gasteiger partial charge in [-0.25, -0.2) is 0 Å². The van der Waals surface area contributed by atoms with Gasteiger partial charge in [0.1, 0.15) is 0 Å². The largest absolute Gasteiger partial charge is 0.306 e. The first kappa shape index (κ1) is 12.9. The lowest BCUT2D eigenvalue weighted by atomic mass is 9.87. The minimum absolute atomic E-state index is 0.109. The molecule has 0 saturated carbocycles. The first-order chi connectivity index (χ1) is 7.90. The van der Waals surface area contributed by atoms with Gasteiger partial charge in [-0.3, -0.25) is 4.79 Å². The Morgan fingerprint density at radius 2 is 2.06 bits per heavy atom. The van der Waals surface area contributed by atoms with Crippen LogP contribution < -0.4 is 5.32 Å². The Bertz CT molecular complexity index is 457. The van der Waals surface area contributed by atoms with E-state index in [2.05, 4.69) is 5.32 Å². The van der Waals surface area contributed by atoms with Crippen LogP contribution in [0.25, 0.3) is 0 Å². The Morgan fingerprint density at radius 3 is 2.59 bits per heavy atom. The molecule has 1 heterocycles. The quantitative estimate of drug-likeness (QED) is 0.896. The maximum atomic E-state index is 12.1. The lowest BCUT2D eigenvalue weighted by molar-refractivity contribution is -0.125. The van der Waals surface area contributed by atoms with Crippen molar-refractivity contribution >= 4 is 29.0 Å². The van der Waals surface area contributed by atoms with E-state index in [1.165, 1.54) is 0 Å². The summed E-state index contributed by atoms with van der Waals surface area (Å²) in [6.07, 6.45) is 0.666. The van der Waals surface area contributed by atoms with Gasteiger partial charge in [0.2, 0.25) is 0 Å². The van der Waals surface area contributed by atoms with Crippen molar-refractivity contribution in [2.75, 3.05) is 6.54 Å². The van der Waals surface area contributed by atoms with E-state index in [-0.39, 0.29) is 17.2 Å². The van der Waals surface area contributed by atoms with Gasteiger partial charge < -0.3 is 5.32 Å². The molecule has 1 aliphatic heterocycles. The van der Waals surface area contributed by atoms with Crippen LogP contribution in [-0.2, 0) is 11.2 Å². The molecule has 1 unspecified atom stereocenters. The topological polar surface area (TPSA) is 29.1 Å². The number of hydrogen-bond acceptors (Lipinski definition) is 2. The second kappa shape index (κ2) is 4.60. The molecule has 0 radical (unpaired) electrons. The maximum absolute atomic E-state index is 12.1. The van der Waals surface area contributed by atoms with Crippen LogP contribution in [0.1, 0.15) is 19.4 Å². The first-order valence-electron chi connectivity index (χ1n) is 5.62. The molecule has 2 nitrogen and oxygen atoms in total. The molecule has 0 spiro atoms. The molecule has 17 heavy (non-hydrogen) atoms. The molecular formula is C13H15Cl2NO. The zero-order chi connectivity index (χ0) is 12.6. The van der Waals surface area contributed by atoms with Gasteiger partial charge in [0.05, 0.1) is 16.1 Å². The van der Waals surface area contributed by atoms with Crippen LogP contribution >= 0.6 is 23.2 Å². The molecule has 1 saturated heterocycles. The van der Waals surface area contributed by atoms with E-state index in [0.29, 0.717) is 16.5 Å². The number of halogens is 2. The van der Waals surface area contributed by atoms with E-state index >= 15 is 0 Å². The number of Topliss-reactive ketones (excluding diaryl/α,β-unsaturated/α-hetero) is 1. The molecule has 1 aromatic rings. The number of ketones is 1. The predicted molar refractivity (Wildman–Crippen MR) is 70.7 cm³/mol. The van der Waals surface area contributed by atoms with Gasteiger partial charge in [0.15, 0.2) is 5.78 Å². The molecule has 1 aliphatic rings. The van der Waals surface area contributed by atoms with Gasteiger partial charge in [-0.05, 0) is 24.1 Å². The van der Waals surface area contributed by atoms with Crippen LogP contribution in [0.4, 0.5) is 0 Å². The average molecular weight is 272 g/mol. The lowest BCUT2D eigenvalue weighted by Crippen LogP contribution is -2.31. The van der Waals surface area contributed by atoms with Crippen LogP contribution in [0.5, 0.6) is 0 Å². The molecule has 1 fully saturated rings. The number of carbonyl (C=O) groups is 1. The fraction of sp³-hybridized carbons (Fsp3) is 0.462. The smallest absolute Gasteiger partial charge is 0.156 e. The third kappa shape index (κ3) is 2.65.